The van der Waals surface area contributed by atoms with E-state index >= 15 is 0 Å². The second-order valence-corrected chi connectivity index (χ2v) is 7.44. The van der Waals surface area contributed by atoms with Crippen molar-refractivity contribution in [3.63, 3.8) is 0 Å². The first-order valence-corrected chi connectivity index (χ1v) is 9.99. The first kappa shape index (κ1) is 19.9. The number of rotatable bonds is 8. The summed E-state index contributed by atoms with van der Waals surface area (Å²) in [7, 11) is -3.75. The number of amides is 1. The van der Waals surface area contributed by atoms with Gasteiger partial charge in [-0.05, 0) is 37.6 Å². The highest BCUT2D eigenvalue weighted by Crippen LogP contribution is 2.25. The number of sulfonamides is 1. The van der Waals surface area contributed by atoms with Gasteiger partial charge < -0.3 is 10.1 Å². The predicted molar refractivity (Wildman–Crippen MR) is 101 cm³/mol. The van der Waals surface area contributed by atoms with E-state index < -0.39 is 10.0 Å². The van der Waals surface area contributed by atoms with Gasteiger partial charge in [0.05, 0.1) is 12.6 Å². The third-order valence-corrected chi connectivity index (χ3v) is 5.34. The van der Waals surface area contributed by atoms with Crippen LogP contribution < -0.4 is 14.8 Å². The maximum absolute atomic E-state index is 12.6. The van der Waals surface area contributed by atoms with Crippen LogP contribution in [0.15, 0.2) is 53.4 Å². The summed E-state index contributed by atoms with van der Waals surface area (Å²) in [6.45, 7) is 5.90. The second-order valence-electron chi connectivity index (χ2n) is 5.70. The molecule has 0 saturated carbocycles. The Morgan fingerprint density at radius 3 is 2.42 bits per heavy atom. The van der Waals surface area contributed by atoms with Crippen LogP contribution in [0, 0.1) is 0 Å². The summed E-state index contributed by atoms with van der Waals surface area (Å²) in [5, 5.41) is 2.88. The van der Waals surface area contributed by atoms with E-state index in [1.165, 1.54) is 12.1 Å². The Hall–Kier alpha value is -2.38. The lowest BCUT2D eigenvalue weighted by molar-refractivity contribution is 0.0939. The van der Waals surface area contributed by atoms with Crippen molar-refractivity contribution in [1.29, 1.82) is 0 Å². The third kappa shape index (κ3) is 4.83. The highest BCUT2D eigenvalue weighted by molar-refractivity contribution is 7.89. The van der Waals surface area contributed by atoms with Crippen molar-refractivity contribution in [3.05, 3.63) is 59.7 Å². The van der Waals surface area contributed by atoms with Crippen molar-refractivity contribution in [3.8, 4) is 5.75 Å². The number of nitrogens with one attached hydrogen (secondary N) is 2. The highest BCUT2D eigenvalue weighted by atomic mass is 32.2. The van der Waals surface area contributed by atoms with Gasteiger partial charge in [-0.15, -0.1) is 0 Å². The molecule has 0 spiro atoms. The second kappa shape index (κ2) is 8.82. The van der Waals surface area contributed by atoms with Gasteiger partial charge in [0.15, 0.2) is 0 Å². The fourth-order valence-electron chi connectivity index (χ4n) is 2.51. The maximum atomic E-state index is 12.6. The zero-order valence-corrected chi connectivity index (χ0v) is 16.0. The van der Waals surface area contributed by atoms with E-state index in [2.05, 4.69) is 10.0 Å². The molecule has 2 aromatic rings. The van der Waals surface area contributed by atoms with Gasteiger partial charge in [-0.3, -0.25) is 4.79 Å². The molecule has 0 unspecified atom stereocenters. The lowest BCUT2D eigenvalue weighted by Gasteiger charge is -2.16. The SMILES string of the molecule is CCNS(=O)(=O)c1cc(C(=O)N[C@H](C)c2ccccc2)ccc1OCC. The number of benzene rings is 2. The van der Waals surface area contributed by atoms with Gasteiger partial charge in [0, 0.05) is 12.1 Å². The van der Waals surface area contributed by atoms with Crippen LogP contribution in [-0.2, 0) is 10.0 Å². The van der Waals surface area contributed by atoms with E-state index in [1.54, 1.807) is 19.9 Å². The van der Waals surface area contributed by atoms with Crippen LogP contribution >= 0.6 is 0 Å². The molecule has 7 heteroatoms. The number of hydrogen-bond acceptors (Lipinski definition) is 4. The van der Waals surface area contributed by atoms with Crippen molar-refractivity contribution >= 4 is 15.9 Å². The number of carbonyl (C=O) groups is 1. The molecule has 0 aliphatic heterocycles. The maximum Gasteiger partial charge on any atom is 0.251 e. The van der Waals surface area contributed by atoms with E-state index in [0.717, 1.165) is 5.56 Å². The summed E-state index contributed by atoms with van der Waals surface area (Å²) in [5.74, 6) is -0.126. The zero-order chi connectivity index (χ0) is 19.2. The molecule has 1 atom stereocenters. The molecule has 1 amide bonds. The van der Waals surface area contributed by atoms with Crippen LogP contribution in [-0.4, -0.2) is 27.5 Å². The van der Waals surface area contributed by atoms with Crippen LogP contribution in [0.25, 0.3) is 0 Å². The Bertz CT molecular complexity index is 851. The smallest absolute Gasteiger partial charge is 0.251 e. The Morgan fingerprint density at radius 1 is 1.12 bits per heavy atom. The van der Waals surface area contributed by atoms with Gasteiger partial charge in [0.25, 0.3) is 5.91 Å². The molecule has 0 heterocycles. The normalized spacial score (nSPS) is 12.4. The molecule has 0 aromatic heterocycles. The molecular formula is C19H24N2O4S. The summed E-state index contributed by atoms with van der Waals surface area (Å²) in [6.07, 6.45) is 0. The fourth-order valence-corrected chi connectivity index (χ4v) is 3.72. The molecule has 0 bridgehead atoms. The van der Waals surface area contributed by atoms with Gasteiger partial charge in [-0.2, -0.15) is 0 Å². The molecule has 0 radical (unpaired) electrons. The minimum atomic E-state index is -3.75. The summed E-state index contributed by atoms with van der Waals surface area (Å²) >= 11 is 0. The molecule has 140 valence electrons. The highest BCUT2D eigenvalue weighted by Gasteiger charge is 2.21. The first-order valence-electron chi connectivity index (χ1n) is 8.51. The Kier molecular flexibility index (Phi) is 6.76. The monoisotopic (exact) mass is 376 g/mol. The molecule has 0 aliphatic carbocycles. The molecule has 2 aromatic carbocycles. The van der Waals surface area contributed by atoms with Gasteiger partial charge in [-0.25, -0.2) is 13.1 Å². The summed E-state index contributed by atoms with van der Waals surface area (Å²) in [5.41, 5.74) is 1.22. The third-order valence-electron chi connectivity index (χ3n) is 3.78. The van der Waals surface area contributed by atoms with Crippen molar-refractivity contribution < 1.29 is 17.9 Å². The van der Waals surface area contributed by atoms with E-state index in [0.29, 0.717) is 6.61 Å². The summed E-state index contributed by atoms with van der Waals surface area (Å²) in [4.78, 5) is 12.5. The Labute approximate surface area is 154 Å². The van der Waals surface area contributed by atoms with Crippen molar-refractivity contribution in [2.75, 3.05) is 13.2 Å². The molecule has 2 N–H and O–H groups in total. The predicted octanol–water partition coefficient (Wildman–Crippen LogP) is 2.87. The van der Waals surface area contributed by atoms with Gasteiger partial charge in [0.1, 0.15) is 10.6 Å². The minimum Gasteiger partial charge on any atom is -0.492 e. The first-order chi connectivity index (χ1) is 12.4. The van der Waals surface area contributed by atoms with Crippen LogP contribution in [0.4, 0.5) is 0 Å². The van der Waals surface area contributed by atoms with Gasteiger partial charge >= 0.3 is 0 Å². The van der Waals surface area contributed by atoms with E-state index in [4.69, 9.17) is 4.74 Å². The number of ether oxygens (including phenoxy) is 1. The molecule has 2 rings (SSSR count). The molecule has 0 fully saturated rings. The van der Waals surface area contributed by atoms with Gasteiger partial charge in [0.2, 0.25) is 10.0 Å². The average molecular weight is 376 g/mol. The zero-order valence-electron chi connectivity index (χ0n) is 15.2. The average Bonchev–Trinajstić information content (AvgIpc) is 2.62. The topological polar surface area (TPSA) is 84.5 Å². The van der Waals surface area contributed by atoms with Gasteiger partial charge in [-0.1, -0.05) is 37.3 Å². The lowest BCUT2D eigenvalue weighted by atomic mass is 10.1. The summed E-state index contributed by atoms with van der Waals surface area (Å²) < 4.78 is 32.7. The molecule has 0 aliphatic rings. The number of hydrogen-bond donors (Lipinski definition) is 2. The van der Waals surface area contributed by atoms with E-state index in [9.17, 15) is 13.2 Å². The largest absolute Gasteiger partial charge is 0.492 e. The molecule has 0 saturated heterocycles. The molecule has 6 nitrogen and oxygen atoms in total. The minimum absolute atomic E-state index is 0.0405. The van der Waals surface area contributed by atoms with Crippen molar-refractivity contribution in [2.45, 2.75) is 31.7 Å². The van der Waals surface area contributed by atoms with Crippen LogP contribution in [0.3, 0.4) is 0 Å². The van der Waals surface area contributed by atoms with Crippen molar-refractivity contribution in [1.82, 2.24) is 10.0 Å². The molecule has 26 heavy (non-hydrogen) atoms. The van der Waals surface area contributed by atoms with Crippen LogP contribution in [0.5, 0.6) is 5.75 Å². The fraction of sp³-hybridized carbons (Fsp3) is 0.316. The van der Waals surface area contributed by atoms with Crippen LogP contribution in [0.1, 0.15) is 42.7 Å². The Balaban J connectivity index is 2.30. The van der Waals surface area contributed by atoms with E-state index in [-0.39, 0.29) is 34.7 Å². The van der Waals surface area contributed by atoms with Crippen LogP contribution in [0.2, 0.25) is 0 Å². The summed E-state index contributed by atoms with van der Waals surface area (Å²) in [6, 6.07) is 13.8. The van der Waals surface area contributed by atoms with E-state index in [1.807, 2.05) is 37.3 Å². The quantitative estimate of drug-likeness (QED) is 0.742. The molecular weight excluding hydrogens is 352 g/mol. The van der Waals surface area contributed by atoms with Crippen molar-refractivity contribution in [2.24, 2.45) is 0 Å². The number of carbonyl (C=O) groups excluding carboxylic acids is 1. The Morgan fingerprint density at radius 2 is 1.81 bits per heavy atom. The standard InChI is InChI=1S/C19H24N2O4S/c1-4-20-26(23,24)18-13-16(11-12-17(18)25-5-2)19(22)21-14(3)15-9-7-6-8-10-15/h6-14,20H,4-5H2,1-3H3,(H,21,22)/t14-/m1/s1. The lowest BCUT2D eigenvalue weighted by Crippen LogP contribution is -2.28.